The highest BCUT2D eigenvalue weighted by molar-refractivity contribution is 5.40. The van der Waals surface area contributed by atoms with Crippen molar-refractivity contribution in [2.24, 2.45) is 0 Å². The highest BCUT2D eigenvalue weighted by Crippen LogP contribution is 2.26. The van der Waals surface area contributed by atoms with Crippen molar-refractivity contribution in [3.8, 4) is 5.75 Å². The molecule has 0 radical (unpaired) electrons. The van der Waals surface area contributed by atoms with Gasteiger partial charge in [0.15, 0.2) is 0 Å². The van der Waals surface area contributed by atoms with Crippen LogP contribution in [0.25, 0.3) is 0 Å². The molecule has 0 saturated heterocycles. The molecule has 3 unspecified atom stereocenters. The summed E-state index contributed by atoms with van der Waals surface area (Å²) in [6.07, 6.45) is -0.787. The van der Waals surface area contributed by atoms with Crippen LogP contribution >= 0.6 is 0 Å². The average Bonchev–Trinajstić information content (AvgIpc) is 2.52. The van der Waals surface area contributed by atoms with Crippen LogP contribution in [0.5, 0.6) is 5.75 Å². The van der Waals surface area contributed by atoms with E-state index in [0.29, 0.717) is 0 Å². The Kier molecular flexibility index (Phi) is 5.58. The first kappa shape index (κ1) is 16.5. The number of hydrogen-bond acceptors (Lipinski definition) is 3. The number of aliphatic hydroxyl groups is 1. The molecule has 0 aliphatic heterocycles. The van der Waals surface area contributed by atoms with Crippen LogP contribution in [0.4, 0.5) is 0 Å². The van der Waals surface area contributed by atoms with Gasteiger partial charge < -0.3 is 15.2 Å². The van der Waals surface area contributed by atoms with Gasteiger partial charge in [-0.05, 0) is 44.5 Å². The lowest BCUT2D eigenvalue weighted by Crippen LogP contribution is -2.44. The highest BCUT2D eigenvalue weighted by Gasteiger charge is 2.27. The zero-order chi connectivity index (χ0) is 16.1. The summed E-state index contributed by atoms with van der Waals surface area (Å²) >= 11 is 0. The number of benzene rings is 2. The minimum atomic E-state index is -0.620. The van der Waals surface area contributed by atoms with E-state index in [0.717, 1.165) is 22.4 Å². The largest absolute Gasteiger partial charge is 0.488 e. The summed E-state index contributed by atoms with van der Waals surface area (Å²) in [7, 11) is 1.85. The molecule has 0 heterocycles. The van der Waals surface area contributed by atoms with Crippen LogP contribution in [0.3, 0.4) is 0 Å². The van der Waals surface area contributed by atoms with Gasteiger partial charge in [0.1, 0.15) is 11.9 Å². The number of ether oxygens (including phenoxy) is 1. The van der Waals surface area contributed by atoms with Crippen molar-refractivity contribution in [3.63, 3.8) is 0 Å². The summed E-state index contributed by atoms with van der Waals surface area (Å²) in [5, 5.41) is 13.8. The number of para-hydroxylation sites is 1. The van der Waals surface area contributed by atoms with E-state index >= 15 is 0 Å². The monoisotopic (exact) mass is 299 g/mol. The Morgan fingerprint density at radius 2 is 1.55 bits per heavy atom. The Balaban J connectivity index is 2.17. The first-order valence-electron chi connectivity index (χ1n) is 7.67. The second kappa shape index (κ2) is 7.43. The Hall–Kier alpha value is -1.84. The molecule has 22 heavy (non-hydrogen) atoms. The van der Waals surface area contributed by atoms with Crippen LogP contribution < -0.4 is 10.1 Å². The first-order chi connectivity index (χ1) is 10.5. The van der Waals surface area contributed by atoms with Gasteiger partial charge in [-0.3, -0.25) is 0 Å². The number of rotatable bonds is 6. The van der Waals surface area contributed by atoms with Crippen LogP contribution in [-0.4, -0.2) is 24.3 Å². The van der Waals surface area contributed by atoms with E-state index in [4.69, 9.17) is 4.74 Å². The van der Waals surface area contributed by atoms with Crippen molar-refractivity contribution in [2.45, 2.75) is 39.0 Å². The molecule has 0 saturated carbocycles. The van der Waals surface area contributed by atoms with Crippen LogP contribution in [0.2, 0.25) is 0 Å². The molecule has 3 atom stereocenters. The molecule has 2 rings (SSSR count). The minimum Gasteiger partial charge on any atom is -0.488 e. The number of hydrogen-bond donors (Lipinski definition) is 2. The molecular formula is C19H25NO2. The normalized spacial score (nSPS) is 15.1. The van der Waals surface area contributed by atoms with Gasteiger partial charge in [0.2, 0.25) is 0 Å². The third-order valence-corrected chi connectivity index (χ3v) is 4.03. The molecule has 2 N–H and O–H groups in total. The smallest absolute Gasteiger partial charge is 0.125 e. The van der Waals surface area contributed by atoms with Crippen LogP contribution in [0.15, 0.2) is 48.5 Å². The van der Waals surface area contributed by atoms with E-state index in [1.54, 1.807) is 0 Å². The maximum Gasteiger partial charge on any atom is 0.125 e. The van der Waals surface area contributed by atoms with Gasteiger partial charge >= 0.3 is 0 Å². The van der Waals surface area contributed by atoms with E-state index < -0.39 is 6.10 Å². The van der Waals surface area contributed by atoms with Gasteiger partial charge in [0, 0.05) is 0 Å². The number of aryl methyl sites for hydroxylation is 2. The molecular weight excluding hydrogens is 274 g/mol. The third-order valence-electron chi connectivity index (χ3n) is 4.03. The predicted octanol–water partition coefficient (Wildman–Crippen LogP) is 3.39. The summed E-state index contributed by atoms with van der Waals surface area (Å²) in [6.45, 7) is 6.06. The second-order valence-electron chi connectivity index (χ2n) is 5.71. The first-order valence-corrected chi connectivity index (χ1v) is 7.67. The molecule has 2 aromatic carbocycles. The van der Waals surface area contributed by atoms with Crippen LogP contribution in [0.1, 0.15) is 29.7 Å². The molecule has 0 aliphatic carbocycles. The Morgan fingerprint density at radius 1 is 0.955 bits per heavy atom. The van der Waals surface area contributed by atoms with E-state index in [1.165, 1.54) is 0 Å². The van der Waals surface area contributed by atoms with E-state index in [-0.39, 0.29) is 12.1 Å². The van der Waals surface area contributed by atoms with Crippen molar-refractivity contribution in [1.29, 1.82) is 0 Å². The van der Waals surface area contributed by atoms with Gasteiger partial charge in [0.25, 0.3) is 0 Å². The quantitative estimate of drug-likeness (QED) is 0.859. The number of nitrogens with one attached hydrogen (secondary N) is 1. The maximum atomic E-state index is 10.6. The molecule has 3 nitrogen and oxygen atoms in total. The molecule has 0 fully saturated rings. The number of likely N-dealkylation sites (N-methyl/N-ethyl adjacent to an activating group) is 1. The molecule has 0 spiro atoms. The zero-order valence-electron chi connectivity index (χ0n) is 13.7. The summed E-state index contributed by atoms with van der Waals surface area (Å²) in [5.74, 6) is 0.899. The lowest BCUT2D eigenvalue weighted by atomic mass is 9.98. The van der Waals surface area contributed by atoms with Gasteiger partial charge in [-0.2, -0.15) is 0 Å². The minimum absolute atomic E-state index is 0.167. The summed E-state index contributed by atoms with van der Waals surface area (Å²) in [5.41, 5.74) is 3.10. The average molecular weight is 299 g/mol. The summed E-state index contributed by atoms with van der Waals surface area (Å²) < 4.78 is 6.15. The van der Waals surface area contributed by atoms with E-state index in [9.17, 15) is 5.11 Å². The molecule has 118 valence electrons. The molecule has 0 amide bonds. The number of aliphatic hydroxyl groups excluding tert-OH is 1. The summed E-state index contributed by atoms with van der Waals surface area (Å²) in [4.78, 5) is 0. The Morgan fingerprint density at radius 3 is 2.09 bits per heavy atom. The van der Waals surface area contributed by atoms with Crippen molar-refractivity contribution in [3.05, 3.63) is 65.2 Å². The molecule has 2 aromatic rings. The zero-order valence-corrected chi connectivity index (χ0v) is 13.7. The third kappa shape index (κ3) is 3.67. The predicted molar refractivity (Wildman–Crippen MR) is 90.3 cm³/mol. The fourth-order valence-corrected chi connectivity index (χ4v) is 2.75. The van der Waals surface area contributed by atoms with Crippen LogP contribution in [-0.2, 0) is 0 Å². The van der Waals surface area contributed by atoms with Gasteiger partial charge in [0.05, 0.1) is 12.1 Å². The second-order valence-corrected chi connectivity index (χ2v) is 5.71. The van der Waals surface area contributed by atoms with E-state index in [2.05, 4.69) is 5.32 Å². The lowest BCUT2D eigenvalue weighted by molar-refractivity contribution is 0.0615. The SMILES string of the molecule is CNC(C(C)Oc1c(C)cccc1C)C(O)c1ccccc1. The molecule has 3 heteroatoms. The van der Waals surface area contributed by atoms with Crippen LogP contribution in [0, 0.1) is 13.8 Å². The van der Waals surface area contributed by atoms with Crippen molar-refractivity contribution < 1.29 is 9.84 Å². The molecule has 0 bridgehead atoms. The van der Waals surface area contributed by atoms with Gasteiger partial charge in [-0.15, -0.1) is 0 Å². The molecule has 0 aliphatic rings. The standard InChI is InChI=1S/C19H25NO2/c1-13-9-8-10-14(2)19(13)22-15(3)17(20-4)18(21)16-11-6-5-7-12-16/h5-12,15,17-18,20-21H,1-4H3. The van der Waals surface area contributed by atoms with Gasteiger partial charge in [-0.25, -0.2) is 0 Å². The van der Waals surface area contributed by atoms with Gasteiger partial charge in [-0.1, -0.05) is 48.5 Å². The Bertz CT molecular complexity index is 577. The fraction of sp³-hybridized carbons (Fsp3) is 0.368. The molecule has 0 aromatic heterocycles. The van der Waals surface area contributed by atoms with E-state index in [1.807, 2.05) is 76.3 Å². The van der Waals surface area contributed by atoms with Crippen molar-refractivity contribution in [2.75, 3.05) is 7.05 Å². The maximum absolute atomic E-state index is 10.6. The lowest BCUT2D eigenvalue weighted by Gasteiger charge is -2.30. The fourth-order valence-electron chi connectivity index (χ4n) is 2.75. The van der Waals surface area contributed by atoms with Crippen molar-refractivity contribution >= 4 is 0 Å². The summed E-state index contributed by atoms with van der Waals surface area (Å²) in [6, 6.07) is 15.6. The highest BCUT2D eigenvalue weighted by atomic mass is 16.5. The topological polar surface area (TPSA) is 41.5 Å². The Labute approximate surface area is 133 Å². The van der Waals surface area contributed by atoms with Crippen molar-refractivity contribution in [1.82, 2.24) is 5.32 Å².